The number of H-pyrrole nitrogens is 1. The molecule has 0 radical (unpaired) electrons. The lowest BCUT2D eigenvalue weighted by Gasteiger charge is -2.00. The lowest BCUT2D eigenvalue weighted by Crippen LogP contribution is -1.88. The SMILES string of the molecule is N#Cc1ccc(-c2cncnc2)[nH]c1=S. The quantitative estimate of drug-likeness (QED) is 0.738. The van der Waals surface area contributed by atoms with Crippen molar-refractivity contribution < 1.29 is 0 Å². The Bertz CT molecular complexity index is 568. The zero-order chi connectivity index (χ0) is 10.7. The molecule has 72 valence electrons. The van der Waals surface area contributed by atoms with E-state index in [2.05, 4.69) is 15.0 Å². The number of hydrogen-bond donors (Lipinski definition) is 1. The molecule has 0 unspecified atom stereocenters. The smallest absolute Gasteiger partial charge is 0.121 e. The summed E-state index contributed by atoms with van der Waals surface area (Å²) in [6, 6.07) is 5.47. The van der Waals surface area contributed by atoms with E-state index in [9.17, 15) is 0 Å². The summed E-state index contributed by atoms with van der Waals surface area (Å²) in [6.07, 6.45) is 4.82. The first-order chi connectivity index (χ1) is 7.31. The third kappa shape index (κ3) is 1.90. The minimum Gasteiger partial charge on any atom is -0.345 e. The Morgan fingerprint density at radius 1 is 1.27 bits per heavy atom. The average Bonchev–Trinajstić information content (AvgIpc) is 2.30. The molecule has 0 aliphatic carbocycles. The van der Waals surface area contributed by atoms with Crippen molar-refractivity contribution in [2.75, 3.05) is 0 Å². The van der Waals surface area contributed by atoms with Crippen LogP contribution in [-0.2, 0) is 0 Å². The first kappa shape index (κ1) is 9.49. The predicted molar refractivity (Wildman–Crippen MR) is 57.4 cm³/mol. The molecular weight excluding hydrogens is 208 g/mol. The zero-order valence-corrected chi connectivity index (χ0v) is 8.45. The minimum atomic E-state index is 0.429. The van der Waals surface area contributed by atoms with E-state index in [0.29, 0.717) is 10.2 Å². The topological polar surface area (TPSA) is 65.4 Å². The number of nitrogens with one attached hydrogen (secondary N) is 1. The molecule has 0 aromatic carbocycles. The monoisotopic (exact) mass is 214 g/mol. The summed E-state index contributed by atoms with van der Waals surface area (Å²) in [6.45, 7) is 0. The minimum absolute atomic E-state index is 0.429. The molecule has 0 aliphatic heterocycles. The molecule has 2 heterocycles. The van der Waals surface area contributed by atoms with Crippen molar-refractivity contribution in [3.8, 4) is 17.3 Å². The van der Waals surface area contributed by atoms with Gasteiger partial charge in [-0.1, -0.05) is 12.2 Å². The van der Waals surface area contributed by atoms with Gasteiger partial charge in [-0.3, -0.25) is 0 Å². The van der Waals surface area contributed by atoms with Crippen LogP contribution in [0.15, 0.2) is 30.9 Å². The van der Waals surface area contributed by atoms with Gasteiger partial charge in [0.05, 0.1) is 5.56 Å². The normalized spacial score (nSPS) is 9.53. The fourth-order valence-electron chi connectivity index (χ4n) is 1.17. The van der Waals surface area contributed by atoms with E-state index < -0.39 is 0 Å². The number of rotatable bonds is 1. The summed E-state index contributed by atoms with van der Waals surface area (Å²) in [5, 5.41) is 8.72. The van der Waals surface area contributed by atoms with Crippen LogP contribution in [0.1, 0.15) is 5.56 Å². The van der Waals surface area contributed by atoms with Crippen LogP contribution >= 0.6 is 12.2 Å². The maximum Gasteiger partial charge on any atom is 0.121 e. The van der Waals surface area contributed by atoms with E-state index >= 15 is 0 Å². The van der Waals surface area contributed by atoms with Gasteiger partial charge in [-0.25, -0.2) is 9.97 Å². The Balaban J connectivity index is 2.54. The lowest BCUT2D eigenvalue weighted by atomic mass is 10.2. The van der Waals surface area contributed by atoms with Crippen molar-refractivity contribution in [2.24, 2.45) is 0 Å². The Hall–Kier alpha value is -2.06. The molecular formula is C10H6N4S. The van der Waals surface area contributed by atoms with Crippen molar-refractivity contribution >= 4 is 12.2 Å². The molecule has 0 saturated carbocycles. The highest BCUT2D eigenvalue weighted by atomic mass is 32.1. The van der Waals surface area contributed by atoms with Crippen LogP contribution in [0.2, 0.25) is 0 Å². The second-order valence-corrected chi connectivity index (χ2v) is 3.26. The second-order valence-electron chi connectivity index (χ2n) is 2.85. The molecule has 0 aliphatic rings. The predicted octanol–water partition coefficient (Wildman–Crippen LogP) is 2.07. The van der Waals surface area contributed by atoms with E-state index in [-0.39, 0.29) is 0 Å². The van der Waals surface area contributed by atoms with Crippen molar-refractivity contribution in [3.05, 3.63) is 41.1 Å². The van der Waals surface area contributed by atoms with Gasteiger partial charge in [0.15, 0.2) is 0 Å². The molecule has 2 aromatic rings. The number of aromatic nitrogens is 3. The van der Waals surface area contributed by atoms with Crippen molar-refractivity contribution in [1.82, 2.24) is 15.0 Å². The molecule has 1 N–H and O–H groups in total. The molecule has 0 atom stereocenters. The Morgan fingerprint density at radius 2 is 2.00 bits per heavy atom. The van der Waals surface area contributed by atoms with Crippen LogP contribution < -0.4 is 0 Å². The van der Waals surface area contributed by atoms with Gasteiger partial charge in [0.2, 0.25) is 0 Å². The van der Waals surface area contributed by atoms with E-state index in [0.717, 1.165) is 11.3 Å². The summed E-state index contributed by atoms with van der Waals surface area (Å²) in [5.41, 5.74) is 2.11. The van der Waals surface area contributed by atoms with Crippen LogP contribution in [-0.4, -0.2) is 15.0 Å². The second kappa shape index (κ2) is 3.98. The van der Waals surface area contributed by atoms with Gasteiger partial charge in [0.1, 0.15) is 17.0 Å². The summed E-state index contributed by atoms with van der Waals surface area (Å²) in [7, 11) is 0. The Labute approximate surface area is 91.3 Å². The molecule has 4 nitrogen and oxygen atoms in total. The van der Waals surface area contributed by atoms with Gasteiger partial charge in [-0.15, -0.1) is 0 Å². The number of nitriles is 1. The first-order valence-electron chi connectivity index (χ1n) is 4.20. The number of nitrogens with zero attached hydrogens (tertiary/aromatic N) is 3. The molecule has 2 rings (SSSR count). The maximum absolute atomic E-state index is 8.72. The third-order valence-corrected chi connectivity index (χ3v) is 2.22. The Kier molecular flexibility index (Phi) is 2.52. The van der Waals surface area contributed by atoms with Crippen LogP contribution in [0.5, 0.6) is 0 Å². The van der Waals surface area contributed by atoms with Gasteiger partial charge in [-0.05, 0) is 12.1 Å². The maximum atomic E-state index is 8.72. The highest BCUT2D eigenvalue weighted by Crippen LogP contribution is 2.14. The summed E-state index contributed by atoms with van der Waals surface area (Å²) >= 11 is 5.02. The van der Waals surface area contributed by atoms with Crippen LogP contribution in [0.4, 0.5) is 0 Å². The highest BCUT2D eigenvalue weighted by molar-refractivity contribution is 7.71. The largest absolute Gasteiger partial charge is 0.345 e. The highest BCUT2D eigenvalue weighted by Gasteiger charge is 2.00. The lowest BCUT2D eigenvalue weighted by molar-refractivity contribution is 1.15. The fraction of sp³-hybridized carbons (Fsp3) is 0. The van der Waals surface area contributed by atoms with Crippen LogP contribution in [0.25, 0.3) is 11.3 Å². The van der Waals surface area contributed by atoms with Gasteiger partial charge in [-0.2, -0.15) is 5.26 Å². The molecule has 0 amide bonds. The average molecular weight is 214 g/mol. The van der Waals surface area contributed by atoms with E-state index in [1.807, 2.05) is 6.07 Å². The summed E-state index contributed by atoms with van der Waals surface area (Å²) in [4.78, 5) is 10.8. The van der Waals surface area contributed by atoms with Gasteiger partial charge < -0.3 is 4.98 Å². The van der Waals surface area contributed by atoms with Gasteiger partial charge in [0.25, 0.3) is 0 Å². The molecule has 0 fully saturated rings. The Morgan fingerprint density at radius 3 is 2.60 bits per heavy atom. The van der Waals surface area contributed by atoms with Crippen molar-refractivity contribution in [1.29, 1.82) is 5.26 Å². The van der Waals surface area contributed by atoms with E-state index in [4.69, 9.17) is 17.5 Å². The molecule has 5 heteroatoms. The third-order valence-electron chi connectivity index (χ3n) is 1.90. The summed E-state index contributed by atoms with van der Waals surface area (Å²) in [5.74, 6) is 0. The molecule has 0 saturated heterocycles. The first-order valence-corrected chi connectivity index (χ1v) is 4.61. The van der Waals surface area contributed by atoms with Crippen molar-refractivity contribution in [3.63, 3.8) is 0 Å². The molecule has 0 bridgehead atoms. The van der Waals surface area contributed by atoms with Gasteiger partial charge >= 0.3 is 0 Å². The van der Waals surface area contributed by atoms with Crippen LogP contribution in [0.3, 0.4) is 0 Å². The van der Waals surface area contributed by atoms with Gasteiger partial charge in [0, 0.05) is 23.7 Å². The zero-order valence-electron chi connectivity index (χ0n) is 7.64. The number of hydrogen-bond acceptors (Lipinski definition) is 4. The standard InChI is InChI=1S/C10H6N4S/c11-3-7-1-2-9(14-10(7)15)8-4-12-6-13-5-8/h1-2,4-6H,(H,14,15). The molecule has 0 spiro atoms. The fourth-order valence-corrected chi connectivity index (χ4v) is 1.39. The summed E-state index contributed by atoms with van der Waals surface area (Å²) < 4.78 is 0.429. The molecule has 2 aromatic heterocycles. The number of aromatic amines is 1. The van der Waals surface area contributed by atoms with Crippen molar-refractivity contribution in [2.45, 2.75) is 0 Å². The van der Waals surface area contributed by atoms with E-state index in [1.165, 1.54) is 6.33 Å². The molecule has 15 heavy (non-hydrogen) atoms. The van der Waals surface area contributed by atoms with E-state index in [1.54, 1.807) is 24.5 Å². The van der Waals surface area contributed by atoms with Crippen LogP contribution in [0, 0.1) is 16.0 Å². The number of pyridine rings is 1.